The fourth-order valence-corrected chi connectivity index (χ4v) is 4.57. The highest BCUT2D eigenvalue weighted by atomic mass is 14.6. The molecule has 37 heavy (non-hydrogen) atoms. The summed E-state index contributed by atoms with van der Waals surface area (Å²) in [5.74, 6) is 1.49. The van der Waals surface area contributed by atoms with Crippen molar-refractivity contribution in [3.05, 3.63) is 77.2 Å². The number of rotatable bonds is 11. The van der Waals surface area contributed by atoms with Crippen LogP contribution in [0.2, 0.25) is 0 Å². The molecule has 0 aliphatic heterocycles. The predicted octanol–water partition coefficient (Wildman–Crippen LogP) is 10.9. The lowest BCUT2D eigenvalue weighted by atomic mass is 9.81. The van der Waals surface area contributed by atoms with E-state index in [9.17, 15) is 0 Å². The van der Waals surface area contributed by atoms with Gasteiger partial charge in [0.1, 0.15) is 0 Å². The third-order valence-corrected chi connectivity index (χ3v) is 7.11. The molecule has 0 radical (unpaired) electrons. The largest absolute Gasteiger partial charge is 0.296 e. The van der Waals surface area contributed by atoms with E-state index in [1.165, 1.54) is 97.6 Å². The van der Waals surface area contributed by atoms with Gasteiger partial charge in [-0.2, -0.15) is 0 Å². The van der Waals surface area contributed by atoms with E-state index in [0.29, 0.717) is 5.92 Å². The van der Waals surface area contributed by atoms with Crippen LogP contribution in [0.1, 0.15) is 118 Å². The van der Waals surface area contributed by atoms with E-state index in [1.807, 2.05) is 18.5 Å². The van der Waals surface area contributed by atoms with Crippen LogP contribution in [0.3, 0.4) is 0 Å². The Kier molecular flexibility index (Phi) is 20.5. The lowest BCUT2D eigenvalue weighted by molar-refractivity contribution is 0.389. The molecule has 2 rings (SSSR count). The molecule has 1 atom stereocenters. The summed E-state index contributed by atoms with van der Waals surface area (Å²) in [6, 6.07) is 4.03. The summed E-state index contributed by atoms with van der Waals surface area (Å²) in [5.41, 5.74) is 8.11. The Bertz CT molecular complexity index is 827. The Labute approximate surface area is 231 Å². The molecule has 1 aromatic rings. The molecule has 2 nitrogen and oxygen atoms in total. The molecule has 0 N–H and O–H groups in total. The van der Waals surface area contributed by atoms with Crippen molar-refractivity contribution in [2.24, 2.45) is 16.8 Å². The molecule has 0 aromatic carbocycles. The Morgan fingerprint density at radius 2 is 1.73 bits per heavy atom. The first-order chi connectivity index (χ1) is 17.7. The molecular formula is C35H58N2. The van der Waals surface area contributed by atoms with E-state index < -0.39 is 0 Å². The first kappa shape index (κ1) is 34.8. The standard InChI is InChI=1S/C21H36.C7H9N.C7H13N/c1-6-11-20(19(5)16-17(2)3)15-10-12-18(4)21-13-8-7-9-14-21;1-2-7-4-3-5-8-6-7;1-6(2)7(3)5-8-4/h16,20-21H,4-15H2,1-3H3;3-6H,2H2,1H3;5H,1-4H3. The molecule has 0 spiro atoms. The van der Waals surface area contributed by atoms with E-state index in [1.54, 1.807) is 13.2 Å². The number of hydrogen-bond acceptors (Lipinski definition) is 2. The molecule has 208 valence electrons. The minimum Gasteiger partial charge on any atom is -0.296 e. The maximum absolute atomic E-state index is 4.38. The van der Waals surface area contributed by atoms with Gasteiger partial charge in [0.25, 0.3) is 0 Å². The van der Waals surface area contributed by atoms with E-state index in [4.69, 9.17) is 0 Å². The summed E-state index contributed by atoms with van der Waals surface area (Å²) in [7, 11) is 1.78. The second-order valence-electron chi connectivity index (χ2n) is 11.0. The minimum absolute atomic E-state index is 0.670. The molecule has 1 aliphatic carbocycles. The monoisotopic (exact) mass is 506 g/mol. The molecule has 1 heterocycles. The van der Waals surface area contributed by atoms with Crippen molar-refractivity contribution in [3.8, 4) is 0 Å². The van der Waals surface area contributed by atoms with Gasteiger partial charge in [0, 0.05) is 25.7 Å². The molecule has 0 saturated heterocycles. The zero-order valence-electron chi connectivity index (χ0n) is 25.7. The molecular weight excluding hydrogens is 448 g/mol. The van der Waals surface area contributed by atoms with Gasteiger partial charge in [-0.25, -0.2) is 0 Å². The molecule has 0 bridgehead atoms. The van der Waals surface area contributed by atoms with Crippen LogP contribution in [0.5, 0.6) is 0 Å². The Morgan fingerprint density at radius 1 is 1.05 bits per heavy atom. The Balaban J connectivity index is 0.000000659. The van der Waals surface area contributed by atoms with Crippen molar-refractivity contribution in [2.75, 3.05) is 7.05 Å². The molecule has 1 saturated carbocycles. The predicted molar refractivity (Wildman–Crippen MR) is 169 cm³/mol. The van der Waals surface area contributed by atoms with Crippen LogP contribution in [-0.4, -0.2) is 18.2 Å². The van der Waals surface area contributed by atoms with Gasteiger partial charge in [-0.1, -0.05) is 87.1 Å². The highest BCUT2D eigenvalue weighted by molar-refractivity contribution is 5.78. The van der Waals surface area contributed by atoms with Gasteiger partial charge in [-0.3, -0.25) is 9.98 Å². The fourth-order valence-electron chi connectivity index (χ4n) is 4.57. The van der Waals surface area contributed by atoms with Gasteiger partial charge >= 0.3 is 0 Å². The summed E-state index contributed by atoms with van der Waals surface area (Å²) in [6.07, 6.45) is 22.3. The van der Waals surface area contributed by atoms with Gasteiger partial charge in [-0.15, -0.1) is 0 Å². The second kappa shape index (κ2) is 21.8. The molecule has 1 fully saturated rings. The SMILES string of the molecule is C=C(C=C(C)C)C(CCC)CCCC(=C)C1CCCCC1.CCc1cccnc1.CN=CC(C)=C(C)C. The van der Waals surface area contributed by atoms with Crippen molar-refractivity contribution in [1.82, 2.24) is 4.98 Å². The average molecular weight is 507 g/mol. The van der Waals surface area contributed by atoms with Gasteiger partial charge < -0.3 is 0 Å². The highest BCUT2D eigenvalue weighted by Crippen LogP contribution is 2.32. The Morgan fingerprint density at radius 3 is 2.16 bits per heavy atom. The van der Waals surface area contributed by atoms with Gasteiger partial charge in [0.15, 0.2) is 0 Å². The summed E-state index contributed by atoms with van der Waals surface area (Å²) in [6.45, 7) is 23.6. The third kappa shape index (κ3) is 17.8. The number of nitrogens with zero attached hydrogens (tertiary/aromatic N) is 2. The van der Waals surface area contributed by atoms with Crippen LogP contribution in [0.15, 0.2) is 76.6 Å². The van der Waals surface area contributed by atoms with Gasteiger partial charge in [-0.05, 0) is 109 Å². The third-order valence-electron chi connectivity index (χ3n) is 7.11. The van der Waals surface area contributed by atoms with Crippen LogP contribution < -0.4 is 0 Å². The highest BCUT2D eigenvalue weighted by Gasteiger charge is 2.17. The number of aryl methyl sites for hydroxylation is 1. The normalized spacial score (nSPS) is 13.9. The van der Waals surface area contributed by atoms with Gasteiger partial charge in [0.2, 0.25) is 0 Å². The maximum atomic E-state index is 4.38. The molecule has 2 heteroatoms. The first-order valence-corrected chi connectivity index (χ1v) is 14.6. The lowest BCUT2D eigenvalue weighted by Crippen LogP contribution is -2.09. The molecule has 1 aliphatic rings. The first-order valence-electron chi connectivity index (χ1n) is 14.6. The zero-order chi connectivity index (χ0) is 28.1. The summed E-state index contributed by atoms with van der Waals surface area (Å²) in [5, 5.41) is 0. The quantitative estimate of drug-likeness (QED) is 0.166. The van der Waals surface area contributed by atoms with E-state index in [0.717, 1.165) is 12.3 Å². The lowest BCUT2D eigenvalue weighted by Gasteiger charge is -2.24. The van der Waals surface area contributed by atoms with E-state index in [-0.39, 0.29) is 0 Å². The van der Waals surface area contributed by atoms with Crippen molar-refractivity contribution >= 4 is 6.21 Å². The zero-order valence-corrected chi connectivity index (χ0v) is 25.7. The van der Waals surface area contributed by atoms with Crippen LogP contribution in [0, 0.1) is 11.8 Å². The van der Waals surface area contributed by atoms with Crippen molar-refractivity contribution in [2.45, 2.75) is 119 Å². The second-order valence-corrected chi connectivity index (χ2v) is 11.0. The average Bonchev–Trinajstić information content (AvgIpc) is 2.89. The van der Waals surface area contributed by atoms with Crippen molar-refractivity contribution in [1.29, 1.82) is 0 Å². The molecule has 0 amide bonds. The van der Waals surface area contributed by atoms with E-state index in [2.05, 4.69) is 83.7 Å². The number of allylic oxidation sites excluding steroid dienone is 6. The summed E-state index contributed by atoms with van der Waals surface area (Å²) < 4.78 is 0. The molecule has 1 aromatic heterocycles. The smallest absolute Gasteiger partial charge is 0.0299 e. The van der Waals surface area contributed by atoms with E-state index >= 15 is 0 Å². The number of aliphatic imine (C=N–C) groups is 1. The summed E-state index contributed by atoms with van der Waals surface area (Å²) >= 11 is 0. The minimum atomic E-state index is 0.670. The number of hydrogen-bond donors (Lipinski definition) is 0. The van der Waals surface area contributed by atoms with Crippen LogP contribution >= 0.6 is 0 Å². The van der Waals surface area contributed by atoms with Crippen molar-refractivity contribution in [3.63, 3.8) is 0 Å². The molecule has 1 unspecified atom stereocenters. The van der Waals surface area contributed by atoms with Crippen LogP contribution in [0.4, 0.5) is 0 Å². The van der Waals surface area contributed by atoms with Gasteiger partial charge in [0.05, 0.1) is 0 Å². The van der Waals surface area contributed by atoms with Crippen molar-refractivity contribution < 1.29 is 0 Å². The number of pyridine rings is 1. The topological polar surface area (TPSA) is 25.2 Å². The summed E-state index contributed by atoms with van der Waals surface area (Å²) in [4.78, 5) is 7.83. The fraction of sp³-hybridized carbons (Fsp3) is 0.600. The van der Waals surface area contributed by atoms with Crippen LogP contribution in [0.25, 0.3) is 0 Å². The van der Waals surface area contributed by atoms with Crippen LogP contribution in [-0.2, 0) is 6.42 Å². The Hall–Kier alpha value is -2.22. The number of aromatic nitrogens is 1. The maximum Gasteiger partial charge on any atom is 0.0299 e.